The van der Waals surface area contributed by atoms with Crippen molar-refractivity contribution in [2.45, 2.75) is 13.3 Å². The number of hydrogen-bond donors (Lipinski definition) is 1. The normalized spacial score (nSPS) is 10.8. The SMILES string of the molecule is Cc1nc(-c2ccccc2)nc(-c2cccc([N+](=O)[O-])c2)c1CC(=O)NCCN(C)C. The lowest BCUT2D eigenvalue weighted by molar-refractivity contribution is -0.384. The van der Waals surface area contributed by atoms with Crippen LogP contribution < -0.4 is 5.32 Å². The molecule has 8 nitrogen and oxygen atoms in total. The van der Waals surface area contributed by atoms with Crippen molar-refractivity contribution < 1.29 is 9.72 Å². The maximum absolute atomic E-state index is 12.6. The van der Waals surface area contributed by atoms with Crippen molar-refractivity contribution in [3.63, 3.8) is 0 Å². The number of likely N-dealkylation sites (N-methyl/N-ethyl adjacent to an activating group) is 1. The van der Waals surface area contributed by atoms with Crippen molar-refractivity contribution in [3.8, 4) is 22.6 Å². The Morgan fingerprint density at radius 3 is 2.45 bits per heavy atom. The molecule has 1 amide bonds. The predicted octanol–water partition coefficient (Wildman–Crippen LogP) is 3.25. The highest BCUT2D eigenvalue weighted by Crippen LogP contribution is 2.29. The Bertz CT molecular complexity index is 1080. The van der Waals surface area contributed by atoms with Crippen molar-refractivity contribution >= 4 is 11.6 Å². The zero-order chi connectivity index (χ0) is 22.4. The van der Waals surface area contributed by atoms with E-state index in [-0.39, 0.29) is 18.0 Å². The van der Waals surface area contributed by atoms with E-state index in [1.165, 1.54) is 12.1 Å². The topological polar surface area (TPSA) is 101 Å². The highest BCUT2D eigenvalue weighted by molar-refractivity contribution is 5.82. The number of aryl methyl sites for hydroxylation is 1. The molecule has 2 aromatic carbocycles. The Morgan fingerprint density at radius 1 is 1.06 bits per heavy atom. The van der Waals surface area contributed by atoms with Gasteiger partial charge < -0.3 is 10.2 Å². The second-order valence-electron chi connectivity index (χ2n) is 7.46. The molecule has 0 bridgehead atoms. The number of amides is 1. The van der Waals surface area contributed by atoms with Gasteiger partial charge in [-0.15, -0.1) is 0 Å². The van der Waals surface area contributed by atoms with Crippen LogP contribution in [0.1, 0.15) is 11.3 Å². The predicted molar refractivity (Wildman–Crippen MR) is 120 cm³/mol. The van der Waals surface area contributed by atoms with Gasteiger partial charge in [0.05, 0.1) is 17.0 Å². The molecule has 0 radical (unpaired) electrons. The van der Waals surface area contributed by atoms with Gasteiger partial charge in [-0.3, -0.25) is 14.9 Å². The van der Waals surface area contributed by atoms with Gasteiger partial charge in [-0.05, 0) is 21.0 Å². The minimum absolute atomic E-state index is 0.0311. The average molecular weight is 419 g/mol. The molecule has 3 aromatic rings. The summed E-state index contributed by atoms with van der Waals surface area (Å²) in [6.07, 6.45) is 0.0896. The number of nitrogens with zero attached hydrogens (tertiary/aromatic N) is 4. The van der Waals surface area contributed by atoms with Crippen LogP contribution in [0.3, 0.4) is 0 Å². The highest BCUT2D eigenvalue weighted by atomic mass is 16.6. The first-order valence-electron chi connectivity index (χ1n) is 9.94. The monoisotopic (exact) mass is 419 g/mol. The molecule has 3 rings (SSSR count). The summed E-state index contributed by atoms with van der Waals surface area (Å²) < 4.78 is 0. The maximum atomic E-state index is 12.6. The molecule has 1 N–H and O–H groups in total. The van der Waals surface area contributed by atoms with E-state index in [0.717, 1.165) is 12.1 Å². The van der Waals surface area contributed by atoms with Gasteiger partial charge in [0.2, 0.25) is 5.91 Å². The number of carbonyl (C=O) groups excluding carboxylic acids is 1. The average Bonchev–Trinajstić information content (AvgIpc) is 2.75. The van der Waals surface area contributed by atoms with Crippen LogP contribution in [0.15, 0.2) is 54.6 Å². The molecule has 0 fully saturated rings. The van der Waals surface area contributed by atoms with Crippen LogP contribution in [-0.2, 0) is 11.2 Å². The van der Waals surface area contributed by atoms with Crippen LogP contribution in [0.4, 0.5) is 5.69 Å². The fourth-order valence-corrected chi connectivity index (χ4v) is 3.17. The van der Waals surface area contributed by atoms with Crippen LogP contribution >= 0.6 is 0 Å². The summed E-state index contributed by atoms with van der Waals surface area (Å²) in [5, 5.41) is 14.2. The number of benzene rings is 2. The fourth-order valence-electron chi connectivity index (χ4n) is 3.17. The van der Waals surface area contributed by atoms with Gasteiger partial charge in [0, 0.05) is 47.6 Å². The quantitative estimate of drug-likeness (QED) is 0.444. The first-order chi connectivity index (χ1) is 14.8. The summed E-state index contributed by atoms with van der Waals surface area (Å²) in [5.41, 5.74) is 3.22. The van der Waals surface area contributed by atoms with E-state index in [9.17, 15) is 14.9 Å². The number of nitro groups is 1. The summed E-state index contributed by atoms with van der Waals surface area (Å²) in [7, 11) is 3.87. The summed E-state index contributed by atoms with van der Waals surface area (Å²) in [6, 6.07) is 15.8. The van der Waals surface area contributed by atoms with E-state index in [0.29, 0.717) is 34.9 Å². The molecular weight excluding hydrogens is 394 g/mol. The smallest absolute Gasteiger partial charge is 0.270 e. The number of aromatic nitrogens is 2. The van der Waals surface area contributed by atoms with Crippen molar-refractivity contribution in [3.05, 3.63) is 76.0 Å². The van der Waals surface area contributed by atoms with Gasteiger partial charge in [0.25, 0.3) is 5.69 Å². The summed E-state index contributed by atoms with van der Waals surface area (Å²) in [6.45, 7) is 3.09. The molecule has 0 atom stereocenters. The number of non-ortho nitro benzene ring substituents is 1. The second-order valence-corrected chi connectivity index (χ2v) is 7.46. The van der Waals surface area contributed by atoms with Crippen molar-refractivity contribution in [2.24, 2.45) is 0 Å². The zero-order valence-electron chi connectivity index (χ0n) is 17.8. The molecule has 31 heavy (non-hydrogen) atoms. The Labute approximate surface area is 181 Å². The van der Waals surface area contributed by atoms with Gasteiger partial charge in [0.15, 0.2) is 5.82 Å². The number of hydrogen-bond acceptors (Lipinski definition) is 6. The van der Waals surface area contributed by atoms with E-state index < -0.39 is 4.92 Å². The molecule has 0 saturated heterocycles. The summed E-state index contributed by atoms with van der Waals surface area (Å²) >= 11 is 0. The Hall–Kier alpha value is -3.65. The van der Waals surface area contributed by atoms with Crippen LogP contribution in [0.5, 0.6) is 0 Å². The molecular formula is C23H25N5O3. The molecule has 160 valence electrons. The molecule has 0 aliphatic carbocycles. The minimum atomic E-state index is -0.441. The standard InChI is InChI=1S/C23H25N5O3/c1-16-20(15-21(29)24-12-13-27(2)3)22(18-10-7-11-19(14-18)28(30)31)26-23(25-16)17-8-5-4-6-9-17/h4-11,14H,12-13,15H2,1-3H3,(H,24,29). The third-order valence-corrected chi connectivity index (χ3v) is 4.79. The van der Waals surface area contributed by atoms with E-state index >= 15 is 0 Å². The molecule has 0 aliphatic heterocycles. The second kappa shape index (κ2) is 9.90. The molecule has 0 saturated carbocycles. The summed E-state index contributed by atoms with van der Waals surface area (Å²) in [5.74, 6) is 0.365. The van der Waals surface area contributed by atoms with Crippen LogP contribution in [0.25, 0.3) is 22.6 Å². The molecule has 1 aromatic heterocycles. The third-order valence-electron chi connectivity index (χ3n) is 4.79. The first kappa shape index (κ1) is 22.0. The van der Waals surface area contributed by atoms with Gasteiger partial charge >= 0.3 is 0 Å². The van der Waals surface area contributed by atoms with Crippen LogP contribution in [-0.4, -0.2) is 52.9 Å². The van der Waals surface area contributed by atoms with Gasteiger partial charge in [-0.2, -0.15) is 0 Å². The lowest BCUT2D eigenvalue weighted by Gasteiger charge is -2.15. The summed E-state index contributed by atoms with van der Waals surface area (Å²) in [4.78, 5) is 34.7. The Balaban J connectivity index is 2.04. The zero-order valence-corrected chi connectivity index (χ0v) is 17.8. The van der Waals surface area contributed by atoms with E-state index in [4.69, 9.17) is 4.98 Å². The van der Waals surface area contributed by atoms with Crippen molar-refractivity contribution in [1.29, 1.82) is 0 Å². The number of carbonyl (C=O) groups is 1. The minimum Gasteiger partial charge on any atom is -0.355 e. The van der Waals surface area contributed by atoms with E-state index in [1.807, 2.05) is 56.3 Å². The molecule has 8 heteroatoms. The first-order valence-corrected chi connectivity index (χ1v) is 9.94. The van der Waals surface area contributed by atoms with Crippen LogP contribution in [0.2, 0.25) is 0 Å². The van der Waals surface area contributed by atoms with Crippen molar-refractivity contribution in [2.75, 3.05) is 27.2 Å². The lowest BCUT2D eigenvalue weighted by atomic mass is 10.0. The van der Waals surface area contributed by atoms with Crippen LogP contribution in [0, 0.1) is 17.0 Å². The Morgan fingerprint density at radius 2 is 1.77 bits per heavy atom. The molecule has 0 unspecified atom stereocenters. The van der Waals surface area contributed by atoms with Gasteiger partial charge in [0.1, 0.15) is 0 Å². The highest BCUT2D eigenvalue weighted by Gasteiger charge is 2.19. The number of rotatable bonds is 8. The largest absolute Gasteiger partial charge is 0.355 e. The van der Waals surface area contributed by atoms with Crippen molar-refractivity contribution in [1.82, 2.24) is 20.2 Å². The lowest BCUT2D eigenvalue weighted by Crippen LogP contribution is -2.32. The third kappa shape index (κ3) is 5.70. The molecule has 0 spiro atoms. The molecule has 0 aliphatic rings. The Kier molecular flexibility index (Phi) is 7.04. The number of nitro benzene ring substituents is 1. The fraction of sp³-hybridized carbons (Fsp3) is 0.261. The van der Waals surface area contributed by atoms with E-state index in [2.05, 4.69) is 10.3 Å². The number of nitrogens with one attached hydrogen (secondary N) is 1. The van der Waals surface area contributed by atoms with Gasteiger partial charge in [-0.1, -0.05) is 42.5 Å². The molecule has 1 heterocycles. The van der Waals surface area contributed by atoms with Gasteiger partial charge in [-0.25, -0.2) is 9.97 Å². The maximum Gasteiger partial charge on any atom is 0.270 e. The van der Waals surface area contributed by atoms with E-state index in [1.54, 1.807) is 12.1 Å².